The molecule has 18 heavy (non-hydrogen) atoms. The van der Waals surface area contributed by atoms with E-state index in [1.807, 2.05) is 0 Å². The van der Waals surface area contributed by atoms with Gasteiger partial charge in [-0.05, 0) is 63.7 Å². The second-order valence-corrected chi connectivity index (χ2v) is 6.05. The van der Waals surface area contributed by atoms with E-state index in [0.717, 1.165) is 37.8 Å². The summed E-state index contributed by atoms with van der Waals surface area (Å²) >= 11 is 0. The Balaban J connectivity index is 2.16. The Morgan fingerprint density at radius 3 is 2.44 bits per heavy atom. The fourth-order valence-corrected chi connectivity index (χ4v) is 2.79. The lowest BCUT2D eigenvalue weighted by Crippen LogP contribution is -2.40. The summed E-state index contributed by atoms with van der Waals surface area (Å²) in [6.07, 6.45) is 4.91. The van der Waals surface area contributed by atoms with Crippen molar-refractivity contribution in [3.05, 3.63) is 0 Å². The van der Waals surface area contributed by atoms with Crippen LogP contribution in [0.1, 0.15) is 46.5 Å². The van der Waals surface area contributed by atoms with Crippen molar-refractivity contribution in [2.45, 2.75) is 52.5 Å². The summed E-state index contributed by atoms with van der Waals surface area (Å²) in [5.41, 5.74) is 0. The molecule has 108 valence electrons. The Morgan fingerprint density at radius 2 is 1.94 bits per heavy atom. The molecule has 1 unspecified atom stereocenters. The van der Waals surface area contributed by atoms with E-state index in [1.165, 1.54) is 25.9 Å². The molecule has 2 N–H and O–H groups in total. The zero-order chi connectivity index (χ0) is 13.4. The summed E-state index contributed by atoms with van der Waals surface area (Å²) in [6, 6.07) is 0.285. The molecule has 3 heteroatoms. The van der Waals surface area contributed by atoms with Crippen LogP contribution in [0, 0.1) is 11.8 Å². The third kappa shape index (κ3) is 5.68. The number of aliphatic hydroxyl groups excluding tert-OH is 1. The number of nitrogens with zero attached hydrogens (tertiary/aromatic N) is 1. The lowest BCUT2D eigenvalue weighted by atomic mass is 9.86. The van der Waals surface area contributed by atoms with Crippen molar-refractivity contribution in [2.24, 2.45) is 11.8 Å². The van der Waals surface area contributed by atoms with Crippen molar-refractivity contribution in [3.63, 3.8) is 0 Å². The highest BCUT2D eigenvalue weighted by atomic mass is 16.3. The van der Waals surface area contributed by atoms with Crippen LogP contribution in [0.4, 0.5) is 0 Å². The lowest BCUT2D eigenvalue weighted by Gasteiger charge is -2.34. The van der Waals surface area contributed by atoms with Crippen LogP contribution in [0.2, 0.25) is 0 Å². The third-order valence-electron chi connectivity index (χ3n) is 4.27. The summed E-state index contributed by atoms with van der Waals surface area (Å²) in [7, 11) is 0. The van der Waals surface area contributed by atoms with Crippen LogP contribution in [-0.2, 0) is 0 Å². The van der Waals surface area contributed by atoms with Crippen LogP contribution in [0.25, 0.3) is 0 Å². The quantitative estimate of drug-likeness (QED) is 0.698. The predicted octanol–water partition coefficient (Wildman–Crippen LogP) is 2.10. The number of hydrogen-bond acceptors (Lipinski definition) is 3. The molecule has 0 bridgehead atoms. The molecule has 1 atom stereocenters. The zero-order valence-corrected chi connectivity index (χ0v) is 12.5. The van der Waals surface area contributed by atoms with E-state index in [-0.39, 0.29) is 12.6 Å². The standard InChI is InChI=1S/C15H32N2O/c1-4-8-16-15(12-18)7-11-17-9-5-14(6-10-17)13(2)3/h13-16,18H,4-12H2,1-3H3. The number of nitrogens with one attached hydrogen (secondary N) is 1. The van der Waals surface area contributed by atoms with Crippen LogP contribution in [-0.4, -0.2) is 48.8 Å². The first kappa shape index (κ1) is 15.9. The normalized spacial score (nSPS) is 20.5. The fourth-order valence-electron chi connectivity index (χ4n) is 2.79. The molecule has 0 aromatic carbocycles. The summed E-state index contributed by atoms with van der Waals surface area (Å²) in [4.78, 5) is 2.56. The molecule has 0 aromatic rings. The highest BCUT2D eigenvalue weighted by Gasteiger charge is 2.21. The monoisotopic (exact) mass is 256 g/mol. The maximum absolute atomic E-state index is 9.32. The molecule has 1 fully saturated rings. The minimum absolute atomic E-state index is 0.266. The molecule has 1 rings (SSSR count). The zero-order valence-electron chi connectivity index (χ0n) is 12.5. The molecule has 1 heterocycles. The topological polar surface area (TPSA) is 35.5 Å². The van der Waals surface area contributed by atoms with E-state index in [4.69, 9.17) is 0 Å². The second-order valence-electron chi connectivity index (χ2n) is 6.05. The van der Waals surface area contributed by atoms with Gasteiger partial charge in [0.05, 0.1) is 6.61 Å². The second kappa shape index (κ2) is 8.89. The van der Waals surface area contributed by atoms with E-state index < -0.39 is 0 Å². The number of rotatable bonds is 8. The molecular formula is C15H32N2O. The van der Waals surface area contributed by atoms with E-state index in [9.17, 15) is 5.11 Å². The average molecular weight is 256 g/mol. The van der Waals surface area contributed by atoms with Gasteiger partial charge in [-0.1, -0.05) is 20.8 Å². The average Bonchev–Trinajstić information content (AvgIpc) is 2.39. The molecule has 1 aliphatic rings. The lowest BCUT2D eigenvalue weighted by molar-refractivity contribution is 0.144. The van der Waals surface area contributed by atoms with Gasteiger partial charge in [-0.2, -0.15) is 0 Å². The Bertz CT molecular complexity index is 201. The smallest absolute Gasteiger partial charge is 0.0585 e. The van der Waals surface area contributed by atoms with Crippen molar-refractivity contribution in [2.75, 3.05) is 32.8 Å². The Labute approximate surface area is 113 Å². The maximum atomic E-state index is 9.32. The van der Waals surface area contributed by atoms with Crippen molar-refractivity contribution in [3.8, 4) is 0 Å². The molecule has 1 saturated heterocycles. The van der Waals surface area contributed by atoms with Crippen LogP contribution in [0.5, 0.6) is 0 Å². The summed E-state index contributed by atoms with van der Waals surface area (Å²) in [6.45, 7) is 11.8. The Morgan fingerprint density at radius 1 is 1.28 bits per heavy atom. The number of aliphatic hydroxyl groups is 1. The molecule has 3 nitrogen and oxygen atoms in total. The number of likely N-dealkylation sites (tertiary alicyclic amines) is 1. The summed E-state index contributed by atoms with van der Waals surface area (Å²) in [5, 5.41) is 12.7. The van der Waals surface area contributed by atoms with Gasteiger partial charge in [-0.3, -0.25) is 0 Å². The van der Waals surface area contributed by atoms with Gasteiger partial charge in [0, 0.05) is 6.04 Å². The van der Waals surface area contributed by atoms with Crippen LogP contribution >= 0.6 is 0 Å². The minimum Gasteiger partial charge on any atom is -0.395 e. The summed E-state index contributed by atoms with van der Waals surface area (Å²) in [5.74, 6) is 1.76. The van der Waals surface area contributed by atoms with Crippen molar-refractivity contribution >= 4 is 0 Å². The van der Waals surface area contributed by atoms with Gasteiger partial charge in [0.15, 0.2) is 0 Å². The van der Waals surface area contributed by atoms with Gasteiger partial charge in [0.1, 0.15) is 0 Å². The van der Waals surface area contributed by atoms with Crippen LogP contribution < -0.4 is 5.32 Å². The van der Waals surface area contributed by atoms with Crippen molar-refractivity contribution < 1.29 is 5.11 Å². The SMILES string of the molecule is CCCNC(CO)CCN1CCC(C(C)C)CC1. The van der Waals surface area contributed by atoms with Gasteiger partial charge in [-0.25, -0.2) is 0 Å². The van der Waals surface area contributed by atoms with E-state index >= 15 is 0 Å². The molecular weight excluding hydrogens is 224 g/mol. The number of piperidine rings is 1. The first-order valence-corrected chi connectivity index (χ1v) is 7.74. The largest absolute Gasteiger partial charge is 0.395 e. The highest BCUT2D eigenvalue weighted by molar-refractivity contribution is 4.76. The van der Waals surface area contributed by atoms with Crippen molar-refractivity contribution in [1.29, 1.82) is 0 Å². The van der Waals surface area contributed by atoms with Crippen LogP contribution in [0.15, 0.2) is 0 Å². The van der Waals surface area contributed by atoms with Gasteiger partial charge < -0.3 is 15.3 Å². The van der Waals surface area contributed by atoms with E-state index in [1.54, 1.807) is 0 Å². The molecule has 1 aliphatic heterocycles. The molecule has 0 radical (unpaired) electrons. The van der Waals surface area contributed by atoms with Gasteiger partial charge in [-0.15, -0.1) is 0 Å². The number of hydrogen-bond donors (Lipinski definition) is 2. The third-order valence-corrected chi connectivity index (χ3v) is 4.27. The van der Waals surface area contributed by atoms with Crippen LogP contribution in [0.3, 0.4) is 0 Å². The maximum Gasteiger partial charge on any atom is 0.0585 e. The molecule has 0 amide bonds. The minimum atomic E-state index is 0.266. The highest BCUT2D eigenvalue weighted by Crippen LogP contribution is 2.24. The van der Waals surface area contributed by atoms with E-state index in [2.05, 4.69) is 31.0 Å². The Hall–Kier alpha value is -0.120. The molecule has 0 saturated carbocycles. The summed E-state index contributed by atoms with van der Waals surface area (Å²) < 4.78 is 0. The first-order chi connectivity index (χ1) is 8.67. The first-order valence-electron chi connectivity index (χ1n) is 7.74. The molecule has 0 aliphatic carbocycles. The molecule has 0 spiro atoms. The van der Waals surface area contributed by atoms with Gasteiger partial charge in [0.25, 0.3) is 0 Å². The van der Waals surface area contributed by atoms with Crippen molar-refractivity contribution in [1.82, 2.24) is 10.2 Å². The van der Waals surface area contributed by atoms with Gasteiger partial charge in [0.2, 0.25) is 0 Å². The van der Waals surface area contributed by atoms with E-state index in [0.29, 0.717) is 0 Å². The Kier molecular flexibility index (Phi) is 7.87. The fraction of sp³-hybridized carbons (Fsp3) is 1.00. The van der Waals surface area contributed by atoms with Gasteiger partial charge >= 0.3 is 0 Å². The molecule has 0 aromatic heterocycles. The predicted molar refractivity (Wildman–Crippen MR) is 77.8 cm³/mol.